The van der Waals surface area contributed by atoms with E-state index < -0.39 is 29.4 Å². The van der Waals surface area contributed by atoms with Gasteiger partial charge in [0.2, 0.25) is 5.91 Å². The zero-order valence-electron chi connectivity index (χ0n) is 12.2. The van der Waals surface area contributed by atoms with Crippen LogP contribution in [0.4, 0.5) is 5.69 Å². The minimum atomic E-state index is -0.653. The van der Waals surface area contributed by atoms with Crippen LogP contribution in [-0.4, -0.2) is 40.8 Å². The Bertz CT molecular complexity index is 637. The molecule has 1 aromatic carbocycles. The van der Waals surface area contributed by atoms with E-state index in [9.17, 15) is 19.7 Å². The number of likely N-dealkylation sites (tertiary alicyclic amines) is 1. The van der Waals surface area contributed by atoms with E-state index in [2.05, 4.69) is 0 Å². The van der Waals surface area contributed by atoms with Crippen molar-refractivity contribution >= 4 is 29.1 Å². The molecule has 2 amide bonds. The first-order valence-electron chi connectivity index (χ1n) is 7.05. The summed E-state index contributed by atoms with van der Waals surface area (Å²) in [6.07, 6.45) is 2.11. The van der Waals surface area contributed by atoms with Crippen LogP contribution in [0.15, 0.2) is 18.2 Å². The largest absolute Gasteiger partial charge is 0.477 e. The van der Waals surface area contributed by atoms with Crippen molar-refractivity contribution < 1.29 is 19.2 Å². The molecule has 0 aromatic heterocycles. The molecule has 1 heterocycles. The van der Waals surface area contributed by atoms with E-state index in [0.717, 1.165) is 18.9 Å². The van der Waals surface area contributed by atoms with Gasteiger partial charge in [0.25, 0.3) is 5.91 Å². The van der Waals surface area contributed by atoms with Gasteiger partial charge in [-0.05, 0) is 31.4 Å². The third-order valence-electron chi connectivity index (χ3n) is 3.62. The second-order valence-electron chi connectivity index (χ2n) is 5.16. The van der Waals surface area contributed by atoms with Crippen molar-refractivity contribution in [2.24, 2.45) is 5.73 Å². The number of benzene rings is 1. The van der Waals surface area contributed by atoms with E-state index in [4.69, 9.17) is 22.1 Å². The molecule has 1 saturated heterocycles. The summed E-state index contributed by atoms with van der Waals surface area (Å²) in [5, 5.41) is 11.2. The number of halogens is 1. The molecule has 8 nitrogen and oxygen atoms in total. The van der Waals surface area contributed by atoms with Crippen molar-refractivity contribution in [3.63, 3.8) is 0 Å². The van der Waals surface area contributed by atoms with Gasteiger partial charge in [-0.2, -0.15) is 0 Å². The fourth-order valence-corrected chi connectivity index (χ4v) is 2.67. The molecule has 0 bridgehead atoms. The lowest BCUT2D eigenvalue weighted by Gasteiger charge is -2.33. The van der Waals surface area contributed by atoms with E-state index in [1.165, 1.54) is 17.0 Å². The highest BCUT2D eigenvalue weighted by Crippen LogP contribution is 2.30. The first-order valence-corrected chi connectivity index (χ1v) is 7.43. The summed E-state index contributed by atoms with van der Waals surface area (Å²) in [6.45, 7) is 0.00473. The Morgan fingerprint density at radius 2 is 2.17 bits per heavy atom. The number of nitrogens with zero attached hydrogens (tertiary/aromatic N) is 2. The number of rotatable bonds is 5. The zero-order chi connectivity index (χ0) is 17.0. The molecule has 0 aliphatic carbocycles. The Balaban J connectivity index is 2.07. The van der Waals surface area contributed by atoms with Crippen molar-refractivity contribution in [2.45, 2.75) is 25.3 Å². The maximum Gasteiger partial charge on any atom is 0.312 e. The number of carbonyl (C=O) groups is 2. The van der Waals surface area contributed by atoms with Gasteiger partial charge in [0.05, 0.1) is 4.92 Å². The van der Waals surface area contributed by atoms with Crippen LogP contribution < -0.4 is 10.5 Å². The van der Waals surface area contributed by atoms with Gasteiger partial charge in [0.15, 0.2) is 12.4 Å². The van der Waals surface area contributed by atoms with Crippen LogP contribution in [0.25, 0.3) is 0 Å². The number of amides is 2. The second-order valence-corrected chi connectivity index (χ2v) is 5.60. The molecule has 1 aliphatic rings. The first kappa shape index (κ1) is 17.0. The summed E-state index contributed by atoms with van der Waals surface area (Å²) in [7, 11) is 0. The lowest BCUT2D eigenvalue weighted by molar-refractivity contribution is -0.385. The maximum absolute atomic E-state index is 12.2. The quantitative estimate of drug-likeness (QED) is 0.643. The Hall–Kier alpha value is -2.35. The number of hydrogen-bond acceptors (Lipinski definition) is 5. The molecular formula is C14H16ClN3O5. The molecule has 1 aromatic rings. The van der Waals surface area contributed by atoms with Gasteiger partial charge in [-0.15, -0.1) is 0 Å². The summed E-state index contributed by atoms with van der Waals surface area (Å²) >= 11 is 5.71. The minimum absolute atomic E-state index is 0.0552. The second kappa shape index (κ2) is 7.28. The molecule has 0 saturated carbocycles. The van der Waals surface area contributed by atoms with Gasteiger partial charge in [0, 0.05) is 17.6 Å². The fourth-order valence-electron chi connectivity index (χ4n) is 2.50. The van der Waals surface area contributed by atoms with Crippen molar-refractivity contribution in [1.29, 1.82) is 0 Å². The molecule has 1 unspecified atom stereocenters. The summed E-state index contributed by atoms with van der Waals surface area (Å²) in [6, 6.07) is 3.26. The van der Waals surface area contributed by atoms with Crippen LogP contribution in [0, 0.1) is 10.1 Å². The third-order valence-corrected chi connectivity index (χ3v) is 3.86. The number of nitrogens with two attached hydrogens (primary N) is 1. The molecule has 1 aliphatic heterocycles. The maximum atomic E-state index is 12.2. The smallest absolute Gasteiger partial charge is 0.312 e. The molecule has 2 N–H and O–H groups in total. The number of nitro benzene ring substituents is 1. The minimum Gasteiger partial charge on any atom is -0.477 e. The standard InChI is InChI=1S/C14H16ClN3O5/c15-9-4-5-12(11(7-9)18(21)22)23-8-13(19)17-6-2-1-3-10(17)14(16)20/h4-5,7,10H,1-3,6,8H2,(H2,16,20). The van der Waals surface area contributed by atoms with Crippen molar-refractivity contribution in [1.82, 2.24) is 4.90 Å². The Morgan fingerprint density at radius 3 is 2.83 bits per heavy atom. The van der Waals surface area contributed by atoms with Crippen LogP contribution in [0.1, 0.15) is 19.3 Å². The van der Waals surface area contributed by atoms with Gasteiger partial charge < -0.3 is 15.4 Å². The predicted octanol–water partition coefficient (Wildman–Crippen LogP) is 1.49. The number of primary amides is 1. The van der Waals surface area contributed by atoms with E-state index in [-0.39, 0.29) is 16.5 Å². The zero-order valence-corrected chi connectivity index (χ0v) is 13.0. The molecule has 23 heavy (non-hydrogen) atoms. The lowest BCUT2D eigenvalue weighted by atomic mass is 10.0. The number of piperidine rings is 1. The number of hydrogen-bond donors (Lipinski definition) is 1. The predicted molar refractivity (Wildman–Crippen MR) is 82.1 cm³/mol. The molecule has 1 fully saturated rings. The molecule has 2 rings (SSSR count). The summed E-state index contributed by atoms with van der Waals surface area (Å²) in [5.74, 6) is -1.05. The Labute approximate surface area is 137 Å². The number of nitro groups is 1. The summed E-state index contributed by atoms with van der Waals surface area (Å²) < 4.78 is 5.25. The van der Waals surface area contributed by atoms with E-state index in [0.29, 0.717) is 13.0 Å². The van der Waals surface area contributed by atoms with Gasteiger partial charge in [-0.25, -0.2) is 0 Å². The van der Waals surface area contributed by atoms with E-state index in [1.54, 1.807) is 0 Å². The van der Waals surface area contributed by atoms with Crippen molar-refractivity contribution in [3.8, 4) is 5.75 Å². The molecule has 9 heteroatoms. The van der Waals surface area contributed by atoms with Crippen molar-refractivity contribution in [3.05, 3.63) is 33.3 Å². The highest BCUT2D eigenvalue weighted by atomic mass is 35.5. The molecular weight excluding hydrogens is 326 g/mol. The normalized spacial score (nSPS) is 17.6. The van der Waals surface area contributed by atoms with E-state index >= 15 is 0 Å². The molecule has 124 valence electrons. The first-order chi connectivity index (χ1) is 10.9. The van der Waals surface area contributed by atoms with Crippen molar-refractivity contribution in [2.75, 3.05) is 13.2 Å². The highest BCUT2D eigenvalue weighted by molar-refractivity contribution is 6.30. The highest BCUT2D eigenvalue weighted by Gasteiger charge is 2.31. The SMILES string of the molecule is NC(=O)C1CCCCN1C(=O)COc1ccc(Cl)cc1[N+](=O)[O-]. The van der Waals surface area contributed by atoms with Crippen LogP contribution in [0.3, 0.4) is 0 Å². The monoisotopic (exact) mass is 341 g/mol. The average molecular weight is 342 g/mol. The summed E-state index contributed by atoms with van der Waals surface area (Å²) in [5.41, 5.74) is 4.98. The van der Waals surface area contributed by atoms with Gasteiger partial charge in [-0.1, -0.05) is 11.6 Å². The number of carbonyl (C=O) groups excluding carboxylic acids is 2. The molecule has 0 radical (unpaired) electrons. The fraction of sp³-hybridized carbons (Fsp3) is 0.429. The third kappa shape index (κ3) is 4.10. The van der Waals surface area contributed by atoms with Crippen LogP contribution in [0.5, 0.6) is 5.75 Å². The van der Waals surface area contributed by atoms with Crippen LogP contribution >= 0.6 is 11.6 Å². The van der Waals surface area contributed by atoms with Gasteiger partial charge in [0.1, 0.15) is 6.04 Å². The topological polar surface area (TPSA) is 116 Å². The van der Waals surface area contributed by atoms with Crippen LogP contribution in [-0.2, 0) is 9.59 Å². The molecule has 0 spiro atoms. The average Bonchev–Trinajstić information content (AvgIpc) is 2.53. The van der Waals surface area contributed by atoms with Gasteiger partial charge >= 0.3 is 5.69 Å². The van der Waals surface area contributed by atoms with E-state index in [1.807, 2.05) is 0 Å². The molecule has 1 atom stereocenters. The Kier molecular flexibility index (Phi) is 5.38. The van der Waals surface area contributed by atoms with Crippen LogP contribution in [0.2, 0.25) is 5.02 Å². The Morgan fingerprint density at radius 1 is 1.43 bits per heavy atom. The summed E-state index contributed by atoms with van der Waals surface area (Å²) in [4.78, 5) is 35.3. The van der Waals surface area contributed by atoms with Gasteiger partial charge in [-0.3, -0.25) is 19.7 Å². The lowest BCUT2D eigenvalue weighted by Crippen LogP contribution is -2.51. The number of ether oxygens (including phenoxy) is 1.